The van der Waals surface area contributed by atoms with Gasteiger partial charge >= 0.3 is 5.97 Å². The lowest BCUT2D eigenvalue weighted by molar-refractivity contribution is 0.0697. The van der Waals surface area contributed by atoms with Gasteiger partial charge in [0.15, 0.2) is 0 Å². The van der Waals surface area contributed by atoms with Crippen LogP contribution in [0.5, 0.6) is 5.75 Å². The molecule has 3 aromatic rings. The predicted molar refractivity (Wildman–Crippen MR) is 99.6 cm³/mol. The van der Waals surface area contributed by atoms with Crippen molar-refractivity contribution in [2.24, 2.45) is 0 Å². The highest BCUT2D eigenvalue weighted by atomic mass is 16.5. The molecule has 0 saturated carbocycles. The van der Waals surface area contributed by atoms with Gasteiger partial charge < -0.3 is 20.5 Å². The molecule has 3 N–H and O–H groups in total. The summed E-state index contributed by atoms with van der Waals surface area (Å²) in [5.41, 5.74) is 1.71. The molecule has 0 aliphatic carbocycles. The summed E-state index contributed by atoms with van der Waals surface area (Å²) >= 11 is 0. The number of ether oxygens (including phenoxy) is 1. The number of benzene rings is 2. The highest BCUT2D eigenvalue weighted by Crippen LogP contribution is 2.21. The number of carboxylic acids is 1. The topological polar surface area (TPSA) is 96.4 Å². The van der Waals surface area contributed by atoms with E-state index in [1.807, 2.05) is 31.2 Å². The molecule has 0 saturated heterocycles. The van der Waals surface area contributed by atoms with Gasteiger partial charge in [-0.3, -0.25) is 0 Å². The Morgan fingerprint density at radius 3 is 2.35 bits per heavy atom. The third-order valence-corrected chi connectivity index (χ3v) is 3.49. The Bertz CT molecular complexity index is 897. The van der Waals surface area contributed by atoms with Crippen LogP contribution in [0.1, 0.15) is 17.3 Å². The molecule has 0 aliphatic heterocycles. The zero-order valence-corrected chi connectivity index (χ0v) is 14.1. The Morgan fingerprint density at radius 1 is 1.00 bits per heavy atom. The van der Waals surface area contributed by atoms with E-state index in [1.165, 1.54) is 12.4 Å². The molecule has 7 heteroatoms. The van der Waals surface area contributed by atoms with Crippen molar-refractivity contribution in [1.29, 1.82) is 0 Å². The summed E-state index contributed by atoms with van der Waals surface area (Å²) in [4.78, 5) is 19.4. The second-order valence-corrected chi connectivity index (χ2v) is 5.38. The van der Waals surface area contributed by atoms with Crippen LogP contribution in [-0.2, 0) is 0 Å². The van der Waals surface area contributed by atoms with Crippen molar-refractivity contribution in [2.75, 3.05) is 17.2 Å². The lowest BCUT2D eigenvalue weighted by atomic mass is 10.2. The molecule has 0 radical (unpaired) electrons. The van der Waals surface area contributed by atoms with E-state index >= 15 is 0 Å². The molecule has 2 aromatic carbocycles. The number of rotatable bonds is 7. The summed E-state index contributed by atoms with van der Waals surface area (Å²) in [5.74, 6) is 0.993. The molecule has 26 heavy (non-hydrogen) atoms. The molecule has 0 atom stereocenters. The van der Waals surface area contributed by atoms with Crippen molar-refractivity contribution in [3.8, 4) is 5.75 Å². The van der Waals surface area contributed by atoms with E-state index in [-0.39, 0.29) is 5.56 Å². The molecule has 0 unspecified atom stereocenters. The standard InChI is InChI=1S/C19H18N4O3/c1-2-26-16-8-6-14(7-9-16)22-17-11-18(21-12-20-17)23-15-5-3-4-13(10-15)19(24)25/h3-12H,2H2,1H3,(H,24,25)(H2,20,21,22,23). The maximum Gasteiger partial charge on any atom is 0.335 e. The highest BCUT2D eigenvalue weighted by Gasteiger charge is 2.05. The fraction of sp³-hybridized carbons (Fsp3) is 0.105. The molecule has 1 heterocycles. The van der Waals surface area contributed by atoms with E-state index < -0.39 is 5.97 Å². The fourth-order valence-electron chi connectivity index (χ4n) is 2.32. The second kappa shape index (κ2) is 7.98. The molecule has 1 aromatic heterocycles. The number of aromatic nitrogens is 2. The average Bonchev–Trinajstić information content (AvgIpc) is 2.64. The number of anilines is 4. The van der Waals surface area contributed by atoms with Crippen LogP contribution >= 0.6 is 0 Å². The van der Waals surface area contributed by atoms with E-state index in [2.05, 4.69) is 20.6 Å². The minimum absolute atomic E-state index is 0.205. The van der Waals surface area contributed by atoms with Crippen LogP contribution in [0.25, 0.3) is 0 Å². The first kappa shape index (κ1) is 17.2. The molecule has 3 rings (SSSR count). The van der Waals surface area contributed by atoms with Crippen molar-refractivity contribution < 1.29 is 14.6 Å². The number of hydrogen-bond donors (Lipinski definition) is 3. The van der Waals surface area contributed by atoms with E-state index in [0.717, 1.165) is 11.4 Å². The minimum atomic E-state index is -0.978. The van der Waals surface area contributed by atoms with Gasteiger partial charge in [-0.25, -0.2) is 14.8 Å². The molecule has 0 aliphatic rings. The summed E-state index contributed by atoms with van der Waals surface area (Å²) in [7, 11) is 0. The van der Waals surface area contributed by atoms with E-state index in [0.29, 0.717) is 23.9 Å². The summed E-state index contributed by atoms with van der Waals surface area (Å²) in [6.45, 7) is 2.56. The van der Waals surface area contributed by atoms with E-state index in [4.69, 9.17) is 9.84 Å². The Hall–Kier alpha value is -3.61. The second-order valence-electron chi connectivity index (χ2n) is 5.38. The molecule has 0 amide bonds. The fourth-order valence-corrected chi connectivity index (χ4v) is 2.32. The monoisotopic (exact) mass is 350 g/mol. The average molecular weight is 350 g/mol. The molecule has 0 bridgehead atoms. The van der Waals surface area contributed by atoms with Gasteiger partial charge in [-0.05, 0) is 49.4 Å². The first-order valence-corrected chi connectivity index (χ1v) is 8.06. The van der Waals surface area contributed by atoms with Gasteiger partial charge in [0.1, 0.15) is 23.7 Å². The maximum absolute atomic E-state index is 11.1. The molecular formula is C19H18N4O3. The number of carboxylic acid groups (broad SMARTS) is 1. The van der Waals surface area contributed by atoms with Gasteiger partial charge in [0, 0.05) is 17.4 Å². The predicted octanol–water partition coefficient (Wildman–Crippen LogP) is 4.06. The van der Waals surface area contributed by atoms with Gasteiger partial charge in [-0.2, -0.15) is 0 Å². The van der Waals surface area contributed by atoms with Crippen molar-refractivity contribution in [3.63, 3.8) is 0 Å². The van der Waals surface area contributed by atoms with Crippen LogP contribution in [0, 0.1) is 0 Å². The van der Waals surface area contributed by atoms with Crippen LogP contribution in [-0.4, -0.2) is 27.7 Å². The summed E-state index contributed by atoms with van der Waals surface area (Å²) < 4.78 is 5.42. The number of aromatic carboxylic acids is 1. The van der Waals surface area contributed by atoms with Crippen molar-refractivity contribution >= 4 is 29.0 Å². The first-order chi connectivity index (χ1) is 12.6. The molecular weight excluding hydrogens is 332 g/mol. The molecule has 132 valence electrons. The van der Waals surface area contributed by atoms with Crippen molar-refractivity contribution in [3.05, 3.63) is 66.5 Å². The normalized spacial score (nSPS) is 10.2. The number of nitrogens with one attached hydrogen (secondary N) is 2. The summed E-state index contributed by atoms with van der Waals surface area (Å²) in [6, 6.07) is 15.8. The van der Waals surface area contributed by atoms with Gasteiger partial charge in [-0.1, -0.05) is 6.07 Å². The smallest absolute Gasteiger partial charge is 0.335 e. The first-order valence-electron chi connectivity index (χ1n) is 8.06. The van der Waals surface area contributed by atoms with Crippen LogP contribution in [0.2, 0.25) is 0 Å². The largest absolute Gasteiger partial charge is 0.494 e. The SMILES string of the molecule is CCOc1ccc(Nc2cc(Nc3cccc(C(=O)O)c3)ncn2)cc1. The number of carbonyl (C=O) groups is 1. The van der Waals surface area contributed by atoms with Crippen molar-refractivity contribution in [1.82, 2.24) is 9.97 Å². The molecule has 0 spiro atoms. The summed E-state index contributed by atoms with van der Waals surface area (Å²) in [6.07, 6.45) is 1.43. The third kappa shape index (κ3) is 4.47. The third-order valence-electron chi connectivity index (χ3n) is 3.49. The van der Waals surface area contributed by atoms with Crippen LogP contribution in [0.3, 0.4) is 0 Å². The van der Waals surface area contributed by atoms with Crippen LogP contribution in [0.15, 0.2) is 60.9 Å². The Labute approximate surface area is 150 Å². The van der Waals surface area contributed by atoms with Crippen LogP contribution in [0.4, 0.5) is 23.0 Å². The van der Waals surface area contributed by atoms with Gasteiger partial charge in [0.25, 0.3) is 0 Å². The quantitative estimate of drug-likeness (QED) is 0.591. The minimum Gasteiger partial charge on any atom is -0.494 e. The summed E-state index contributed by atoms with van der Waals surface area (Å²) in [5, 5.41) is 15.3. The number of nitrogens with zero attached hydrogens (tertiary/aromatic N) is 2. The zero-order valence-electron chi connectivity index (χ0n) is 14.1. The zero-order chi connectivity index (χ0) is 18.4. The lowest BCUT2D eigenvalue weighted by Crippen LogP contribution is -2.00. The lowest BCUT2D eigenvalue weighted by Gasteiger charge is -2.10. The van der Waals surface area contributed by atoms with Crippen LogP contribution < -0.4 is 15.4 Å². The number of hydrogen-bond acceptors (Lipinski definition) is 6. The Balaban J connectivity index is 1.71. The van der Waals surface area contributed by atoms with Gasteiger partial charge in [-0.15, -0.1) is 0 Å². The maximum atomic E-state index is 11.1. The highest BCUT2D eigenvalue weighted by molar-refractivity contribution is 5.89. The molecule has 7 nitrogen and oxygen atoms in total. The van der Waals surface area contributed by atoms with E-state index in [1.54, 1.807) is 24.3 Å². The molecule has 0 fully saturated rings. The van der Waals surface area contributed by atoms with Gasteiger partial charge in [0.05, 0.1) is 12.2 Å². The Morgan fingerprint density at radius 2 is 1.69 bits per heavy atom. The van der Waals surface area contributed by atoms with Crippen molar-refractivity contribution in [2.45, 2.75) is 6.92 Å². The van der Waals surface area contributed by atoms with Gasteiger partial charge in [0.2, 0.25) is 0 Å². The van der Waals surface area contributed by atoms with E-state index in [9.17, 15) is 4.79 Å². The Kier molecular flexibility index (Phi) is 5.28.